The Balaban J connectivity index is 2.02. The van der Waals surface area contributed by atoms with E-state index in [0.29, 0.717) is 19.5 Å². The topological polar surface area (TPSA) is 61.4 Å². The highest BCUT2D eigenvalue weighted by Gasteiger charge is 2.00. The highest BCUT2D eigenvalue weighted by molar-refractivity contribution is 5.73. The minimum atomic E-state index is -0.372. The second-order valence-electron chi connectivity index (χ2n) is 4.41. The van der Waals surface area contributed by atoms with Crippen molar-refractivity contribution in [3.05, 3.63) is 35.9 Å². The van der Waals surface area contributed by atoms with Crippen LogP contribution < -0.4 is 10.6 Å². The summed E-state index contributed by atoms with van der Waals surface area (Å²) in [6.07, 6.45) is 2.10. The predicted octanol–water partition coefficient (Wildman–Crippen LogP) is 1.69. The number of carbonyl (C=O) groups is 1. The maximum Gasteiger partial charge on any atom is 0.314 e. The first-order valence-electron chi connectivity index (χ1n) is 6.42. The summed E-state index contributed by atoms with van der Waals surface area (Å²) in [5, 5.41) is 14.5. The summed E-state index contributed by atoms with van der Waals surface area (Å²) in [5.41, 5.74) is 1.29. The molecule has 0 aliphatic carbocycles. The van der Waals surface area contributed by atoms with E-state index in [1.54, 1.807) is 6.92 Å². The van der Waals surface area contributed by atoms with Crippen molar-refractivity contribution in [3.8, 4) is 0 Å². The maximum absolute atomic E-state index is 11.3. The third-order valence-electron chi connectivity index (χ3n) is 2.62. The Bertz CT molecular complexity index is 339. The summed E-state index contributed by atoms with van der Waals surface area (Å²) in [7, 11) is 0. The quantitative estimate of drug-likeness (QED) is 0.645. The van der Waals surface area contributed by atoms with Crippen LogP contribution in [0.15, 0.2) is 30.3 Å². The third-order valence-corrected chi connectivity index (χ3v) is 2.62. The number of aryl methyl sites for hydroxylation is 1. The molecule has 4 heteroatoms. The summed E-state index contributed by atoms with van der Waals surface area (Å²) >= 11 is 0. The fourth-order valence-corrected chi connectivity index (χ4v) is 1.60. The minimum Gasteiger partial charge on any atom is -0.393 e. The van der Waals surface area contributed by atoms with Gasteiger partial charge >= 0.3 is 6.03 Å². The molecule has 0 fully saturated rings. The normalized spacial score (nSPS) is 11.9. The van der Waals surface area contributed by atoms with Gasteiger partial charge in [0.25, 0.3) is 0 Å². The average molecular weight is 250 g/mol. The first-order chi connectivity index (χ1) is 8.68. The molecule has 0 saturated heterocycles. The molecule has 0 radical (unpaired) electrons. The van der Waals surface area contributed by atoms with Crippen molar-refractivity contribution in [2.45, 2.75) is 32.3 Å². The van der Waals surface area contributed by atoms with Gasteiger partial charge in [-0.25, -0.2) is 4.79 Å². The molecule has 1 aromatic rings. The SMILES string of the molecule is CC(O)CCNC(=O)NCCCc1ccccc1. The van der Waals surface area contributed by atoms with Gasteiger partial charge in [0.15, 0.2) is 0 Å². The van der Waals surface area contributed by atoms with E-state index in [1.807, 2.05) is 18.2 Å². The summed E-state index contributed by atoms with van der Waals surface area (Å²) < 4.78 is 0. The van der Waals surface area contributed by atoms with E-state index < -0.39 is 0 Å². The third kappa shape index (κ3) is 6.91. The van der Waals surface area contributed by atoms with E-state index in [1.165, 1.54) is 5.56 Å². The molecule has 2 amide bonds. The van der Waals surface area contributed by atoms with Gasteiger partial charge in [-0.15, -0.1) is 0 Å². The molecule has 4 nitrogen and oxygen atoms in total. The first-order valence-corrected chi connectivity index (χ1v) is 6.42. The number of hydrogen-bond acceptors (Lipinski definition) is 2. The zero-order chi connectivity index (χ0) is 13.2. The van der Waals surface area contributed by atoms with E-state index in [0.717, 1.165) is 12.8 Å². The Kier molecular flexibility index (Phi) is 6.87. The van der Waals surface area contributed by atoms with Crippen LogP contribution >= 0.6 is 0 Å². The van der Waals surface area contributed by atoms with Gasteiger partial charge in [0.2, 0.25) is 0 Å². The number of benzene rings is 1. The Labute approximate surface area is 108 Å². The summed E-state index contributed by atoms with van der Waals surface area (Å²) in [6, 6.07) is 10.0. The van der Waals surface area contributed by atoms with Crippen LogP contribution in [0.25, 0.3) is 0 Å². The molecule has 3 N–H and O–H groups in total. The molecule has 0 heterocycles. The van der Waals surface area contributed by atoms with Crippen LogP contribution in [0.3, 0.4) is 0 Å². The highest BCUT2D eigenvalue weighted by Crippen LogP contribution is 2.01. The Morgan fingerprint density at radius 2 is 1.89 bits per heavy atom. The number of aliphatic hydroxyl groups excluding tert-OH is 1. The minimum absolute atomic E-state index is 0.163. The number of amides is 2. The number of rotatable bonds is 7. The number of hydrogen-bond donors (Lipinski definition) is 3. The number of carbonyl (C=O) groups excluding carboxylic acids is 1. The van der Waals surface area contributed by atoms with Gasteiger partial charge in [-0.1, -0.05) is 30.3 Å². The van der Waals surface area contributed by atoms with E-state index in [-0.39, 0.29) is 12.1 Å². The van der Waals surface area contributed by atoms with E-state index in [4.69, 9.17) is 5.11 Å². The van der Waals surface area contributed by atoms with Crippen molar-refractivity contribution >= 4 is 6.03 Å². The first kappa shape index (κ1) is 14.5. The standard InChI is InChI=1S/C14H22N2O2/c1-12(17)9-11-16-14(18)15-10-5-8-13-6-3-2-4-7-13/h2-4,6-7,12,17H,5,8-11H2,1H3,(H2,15,16,18). The number of nitrogens with one attached hydrogen (secondary N) is 2. The van der Waals surface area contributed by atoms with E-state index >= 15 is 0 Å². The van der Waals surface area contributed by atoms with Crippen LogP contribution in [0.5, 0.6) is 0 Å². The Morgan fingerprint density at radius 1 is 1.22 bits per heavy atom. The lowest BCUT2D eigenvalue weighted by Gasteiger charge is -2.08. The molecule has 100 valence electrons. The van der Waals surface area contributed by atoms with Crippen LogP contribution in [-0.2, 0) is 6.42 Å². The Hall–Kier alpha value is -1.55. The highest BCUT2D eigenvalue weighted by atomic mass is 16.3. The van der Waals surface area contributed by atoms with Crippen LogP contribution in [-0.4, -0.2) is 30.3 Å². The van der Waals surface area contributed by atoms with Gasteiger partial charge in [0, 0.05) is 13.1 Å². The van der Waals surface area contributed by atoms with Gasteiger partial charge in [0.1, 0.15) is 0 Å². The number of urea groups is 1. The lowest BCUT2D eigenvalue weighted by atomic mass is 10.1. The molecule has 1 aromatic carbocycles. The van der Waals surface area contributed by atoms with Crippen LogP contribution in [0.4, 0.5) is 4.79 Å². The lowest BCUT2D eigenvalue weighted by molar-refractivity contribution is 0.183. The summed E-state index contributed by atoms with van der Waals surface area (Å²) in [5.74, 6) is 0. The van der Waals surface area contributed by atoms with Crippen molar-refractivity contribution in [1.29, 1.82) is 0 Å². The van der Waals surface area contributed by atoms with Crippen LogP contribution in [0.1, 0.15) is 25.3 Å². The molecule has 1 rings (SSSR count). The second-order valence-corrected chi connectivity index (χ2v) is 4.41. The second kappa shape index (κ2) is 8.53. The molecule has 1 unspecified atom stereocenters. The van der Waals surface area contributed by atoms with E-state index in [2.05, 4.69) is 22.8 Å². The van der Waals surface area contributed by atoms with Gasteiger partial charge in [-0.2, -0.15) is 0 Å². The Morgan fingerprint density at radius 3 is 2.56 bits per heavy atom. The van der Waals surface area contributed by atoms with Gasteiger partial charge < -0.3 is 15.7 Å². The van der Waals surface area contributed by atoms with Crippen LogP contribution in [0.2, 0.25) is 0 Å². The summed E-state index contributed by atoms with van der Waals surface area (Å²) in [4.78, 5) is 11.3. The van der Waals surface area contributed by atoms with Crippen LogP contribution in [0, 0.1) is 0 Å². The van der Waals surface area contributed by atoms with Crippen molar-refractivity contribution in [2.75, 3.05) is 13.1 Å². The molecule has 0 saturated carbocycles. The maximum atomic E-state index is 11.3. The molecule has 1 atom stereocenters. The summed E-state index contributed by atoms with van der Waals surface area (Å²) in [6.45, 7) is 2.87. The predicted molar refractivity (Wildman–Crippen MR) is 72.5 cm³/mol. The fourth-order valence-electron chi connectivity index (χ4n) is 1.60. The van der Waals surface area contributed by atoms with E-state index in [9.17, 15) is 4.79 Å². The average Bonchev–Trinajstić information content (AvgIpc) is 2.35. The molecule has 0 aliphatic heterocycles. The van der Waals surface area contributed by atoms with Crippen molar-refractivity contribution in [1.82, 2.24) is 10.6 Å². The van der Waals surface area contributed by atoms with Crippen molar-refractivity contribution < 1.29 is 9.90 Å². The largest absolute Gasteiger partial charge is 0.393 e. The molecule has 18 heavy (non-hydrogen) atoms. The molecule has 0 spiro atoms. The molecular formula is C14H22N2O2. The van der Waals surface area contributed by atoms with Crippen molar-refractivity contribution in [3.63, 3.8) is 0 Å². The van der Waals surface area contributed by atoms with Gasteiger partial charge in [0.05, 0.1) is 6.10 Å². The molecular weight excluding hydrogens is 228 g/mol. The fraction of sp³-hybridized carbons (Fsp3) is 0.500. The number of aliphatic hydroxyl groups is 1. The smallest absolute Gasteiger partial charge is 0.314 e. The molecule has 0 aliphatic rings. The monoisotopic (exact) mass is 250 g/mol. The van der Waals surface area contributed by atoms with Gasteiger partial charge in [-0.05, 0) is 31.7 Å². The lowest BCUT2D eigenvalue weighted by Crippen LogP contribution is -2.37. The zero-order valence-corrected chi connectivity index (χ0v) is 10.9. The molecule has 0 bridgehead atoms. The zero-order valence-electron chi connectivity index (χ0n) is 10.9. The van der Waals surface area contributed by atoms with Gasteiger partial charge in [-0.3, -0.25) is 0 Å². The van der Waals surface area contributed by atoms with Crippen molar-refractivity contribution in [2.24, 2.45) is 0 Å². The molecule has 0 aromatic heterocycles.